The highest BCUT2D eigenvalue weighted by molar-refractivity contribution is 5.85. The number of aryl methyl sites for hydroxylation is 1. The standard InChI is InChI=1S/C16H18N6/c1-3-4-6-18-13-10-12(5-7-19-13)14-15-16(17)20-8-9-22(15)11(2)21-14/h4-10H,3H2,1-2H3,(H2,17,20)(H,18,19)/b6-4+. The van der Waals surface area contributed by atoms with E-state index in [2.05, 4.69) is 27.2 Å². The quantitative estimate of drug-likeness (QED) is 0.773. The Kier molecular flexibility index (Phi) is 3.74. The molecule has 3 aromatic heterocycles. The SMILES string of the molecule is CC/C=C/Nc1cc(-c2nc(C)n3ccnc(N)c23)ccn1. The van der Waals surface area contributed by atoms with E-state index in [0.717, 1.165) is 34.8 Å². The number of hydrogen-bond acceptors (Lipinski definition) is 5. The zero-order chi connectivity index (χ0) is 15.5. The Morgan fingerprint density at radius 3 is 3.00 bits per heavy atom. The maximum absolute atomic E-state index is 6.03. The first-order valence-corrected chi connectivity index (χ1v) is 7.17. The third kappa shape index (κ3) is 2.50. The van der Waals surface area contributed by atoms with Gasteiger partial charge < -0.3 is 11.1 Å². The van der Waals surface area contributed by atoms with Crippen molar-refractivity contribution >= 4 is 17.2 Å². The molecule has 0 radical (unpaired) electrons. The second-order valence-corrected chi connectivity index (χ2v) is 4.92. The van der Waals surface area contributed by atoms with Gasteiger partial charge in [0, 0.05) is 24.2 Å². The van der Waals surface area contributed by atoms with Gasteiger partial charge in [0.2, 0.25) is 0 Å². The molecule has 6 heteroatoms. The van der Waals surface area contributed by atoms with Gasteiger partial charge in [-0.15, -0.1) is 0 Å². The molecule has 0 unspecified atom stereocenters. The Hall–Kier alpha value is -2.89. The summed E-state index contributed by atoms with van der Waals surface area (Å²) < 4.78 is 1.95. The van der Waals surface area contributed by atoms with Gasteiger partial charge in [0.1, 0.15) is 28.7 Å². The lowest BCUT2D eigenvalue weighted by Crippen LogP contribution is -1.96. The summed E-state index contributed by atoms with van der Waals surface area (Å²) in [5, 5.41) is 3.15. The van der Waals surface area contributed by atoms with Gasteiger partial charge in [0.25, 0.3) is 0 Å². The van der Waals surface area contributed by atoms with Gasteiger partial charge in [-0.25, -0.2) is 15.0 Å². The van der Waals surface area contributed by atoms with Crippen LogP contribution in [-0.2, 0) is 0 Å². The Bertz CT molecular complexity index is 834. The number of nitrogens with two attached hydrogens (primary N) is 1. The summed E-state index contributed by atoms with van der Waals surface area (Å²) in [5.74, 6) is 2.11. The Labute approximate surface area is 128 Å². The molecule has 0 bridgehead atoms. The van der Waals surface area contributed by atoms with Crippen LogP contribution in [0.15, 0.2) is 43.0 Å². The van der Waals surface area contributed by atoms with Crippen molar-refractivity contribution in [3.8, 4) is 11.3 Å². The molecule has 22 heavy (non-hydrogen) atoms. The molecule has 3 aromatic rings. The molecule has 0 aromatic carbocycles. The Balaban J connectivity index is 2.08. The number of imidazole rings is 1. The zero-order valence-electron chi connectivity index (χ0n) is 12.6. The Morgan fingerprint density at radius 1 is 1.32 bits per heavy atom. The number of nitrogen functional groups attached to an aromatic ring is 1. The minimum Gasteiger partial charge on any atom is -0.382 e. The molecule has 0 aliphatic rings. The van der Waals surface area contributed by atoms with Gasteiger partial charge in [-0.1, -0.05) is 13.0 Å². The van der Waals surface area contributed by atoms with E-state index >= 15 is 0 Å². The molecular weight excluding hydrogens is 276 g/mol. The number of nitrogens with zero attached hydrogens (tertiary/aromatic N) is 4. The number of anilines is 2. The molecular formula is C16H18N6. The van der Waals surface area contributed by atoms with Crippen LogP contribution >= 0.6 is 0 Å². The molecule has 0 spiro atoms. The molecule has 0 amide bonds. The first-order chi connectivity index (χ1) is 10.7. The smallest absolute Gasteiger partial charge is 0.150 e. The monoisotopic (exact) mass is 294 g/mol. The van der Waals surface area contributed by atoms with E-state index in [1.54, 1.807) is 12.4 Å². The van der Waals surface area contributed by atoms with Crippen LogP contribution in [-0.4, -0.2) is 19.4 Å². The van der Waals surface area contributed by atoms with Crippen molar-refractivity contribution in [3.63, 3.8) is 0 Å². The van der Waals surface area contributed by atoms with Crippen molar-refractivity contribution in [1.29, 1.82) is 0 Å². The van der Waals surface area contributed by atoms with Crippen molar-refractivity contribution in [3.05, 3.63) is 48.8 Å². The summed E-state index contributed by atoms with van der Waals surface area (Å²) in [5.41, 5.74) is 8.61. The van der Waals surface area contributed by atoms with E-state index < -0.39 is 0 Å². The van der Waals surface area contributed by atoms with Crippen molar-refractivity contribution in [2.45, 2.75) is 20.3 Å². The van der Waals surface area contributed by atoms with Gasteiger partial charge in [0.15, 0.2) is 0 Å². The number of pyridine rings is 1. The predicted molar refractivity (Wildman–Crippen MR) is 88.4 cm³/mol. The largest absolute Gasteiger partial charge is 0.382 e. The molecule has 0 fully saturated rings. The van der Waals surface area contributed by atoms with E-state index in [1.807, 2.05) is 41.9 Å². The number of fused-ring (bicyclic) bond motifs is 1. The normalized spacial score (nSPS) is 11.4. The molecule has 0 saturated carbocycles. The van der Waals surface area contributed by atoms with Crippen LogP contribution in [0.5, 0.6) is 0 Å². The van der Waals surface area contributed by atoms with Crippen LogP contribution in [0.25, 0.3) is 16.8 Å². The molecule has 0 atom stereocenters. The van der Waals surface area contributed by atoms with Crippen molar-refractivity contribution in [2.24, 2.45) is 0 Å². The summed E-state index contributed by atoms with van der Waals surface area (Å²) in [7, 11) is 0. The summed E-state index contributed by atoms with van der Waals surface area (Å²) in [6.45, 7) is 4.03. The first kappa shape index (κ1) is 14.1. The maximum atomic E-state index is 6.03. The number of nitrogens with one attached hydrogen (secondary N) is 1. The fourth-order valence-corrected chi connectivity index (χ4v) is 2.33. The van der Waals surface area contributed by atoms with Gasteiger partial charge >= 0.3 is 0 Å². The van der Waals surface area contributed by atoms with Gasteiger partial charge in [0.05, 0.1) is 0 Å². The van der Waals surface area contributed by atoms with E-state index in [1.165, 1.54) is 0 Å². The van der Waals surface area contributed by atoms with Crippen LogP contribution in [0.3, 0.4) is 0 Å². The van der Waals surface area contributed by atoms with E-state index in [9.17, 15) is 0 Å². The first-order valence-electron chi connectivity index (χ1n) is 7.17. The second kappa shape index (κ2) is 5.85. The zero-order valence-corrected chi connectivity index (χ0v) is 12.6. The molecule has 3 rings (SSSR count). The van der Waals surface area contributed by atoms with Crippen LogP contribution in [0.2, 0.25) is 0 Å². The molecule has 0 aliphatic heterocycles. The second-order valence-electron chi connectivity index (χ2n) is 4.92. The van der Waals surface area contributed by atoms with E-state index in [4.69, 9.17) is 5.73 Å². The number of allylic oxidation sites excluding steroid dienone is 1. The molecule has 0 saturated heterocycles. The highest BCUT2D eigenvalue weighted by Crippen LogP contribution is 2.28. The van der Waals surface area contributed by atoms with Gasteiger partial charge in [-0.05, 0) is 31.7 Å². The third-order valence-corrected chi connectivity index (χ3v) is 3.38. The maximum Gasteiger partial charge on any atom is 0.150 e. The summed E-state index contributed by atoms with van der Waals surface area (Å²) in [6, 6.07) is 3.87. The lowest BCUT2D eigenvalue weighted by Gasteiger charge is -2.04. The van der Waals surface area contributed by atoms with Gasteiger partial charge in [-0.2, -0.15) is 0 Å². The van der Waals surface area contributed by atoms with Crippen molar-refractivity contribution < 1.29 is 0 Å². The Morgan fingerprint density at radius 2 is 2.18 bits per heavy atom. The van der Waals surface area contributed by atoms with Gasteiger partial charge in [-0.3, -0.25) is 4.40 Å². The minimum absolute atomic E-state index is 0.468. The summed E-state index contributed by atoms with van der Waals surface area (Å²) in [4.78, 5) is 13.1. The molecule has 3 heterocycles. The molecule has 3 N–H and O–H groups in total. The molecule has 6 nitrogen and oxygen atoms in total. The minimum atomic E-state index is 0.468. The van der Waals surface area contributed by atoms with Crippen LogP contribution in [0.1, 0.15) is 19.2 Å². The van der Waals surface area contributed by atoms with E-state index in [0.29, 0.717) is 5.82 Å². The van der Waals surface area contributed by atoms with Crippen LogP contribution in [0.4, 0.5) is 11.6 Å². The fourth-order valence-electron chi connectivity index (χ4n) is 2.33. The lowest BCUT2D eigenvalue weighted by molar-refractivity contribution is 1.03. The highest BCUT2D eigenvalue weighted by Gasteiger charge is 2.14. The predicted octanol–water partition coefficient (Wildman–Crippen LogP) is 3.02. The lowest BCUT2D eigenvalue weighted by atomic mass is 10.1. The van der Waals surface area contributed by atoms with E-state index in [-0.39, 0.29) is 0 Å². The topological polar surface area (TPSA) is 81.1 Å². The number of aromatic nitrogens is 4. The summed E-state index contributed by atoms with van der Waals surface area (Å²) >= 11 is 0. The third-order valence-electron chi connectivity index (χ3n) is 3.38. The highest BCUT2D eigenvalue weighted by atomic mass is 15.1. The fraction of sp³-hybridized carbons (Fsp3) is 0.188. The van der Waals surface area contributed by atoms with Crippen LogP contribution < -0.4 is 11.1 Å². The molecule has 112 valence electrons. The number of hydrogen-bond donors (Lipinski definition) is 2. The van der Waals surface area contributed by atoms with Crippen molar-refractivity contribution in [1.82, 2.24) is 19.4 Å². The van der Waals surface area contributed by atoms with Crippen LogP contribution in [0, 0.1) is 6.92 Å². The number of rotatable bonds is 4. The molecule has 0 aliphatic carbocycles. The average Bonchev–Trinajstić information content (AvgIpc) is 2.87. The van der Waals surface area contributed by atoms with Crippen molar-refractivity contribution in [2.75, 3.05) is 11.1 Å². The average molecular weight is 294 g/mol. The summed E-state index contributed by atoms with van der Waals surface area (Å²) in [6.07, 6.45) is 10.2.